The van der Waals surface area contributed by atoms with Crippen LogP contribution < -0.4 is 10.6 Å². The van der Waals surface area contributed by atoms with Crippen molar-refractivity contribution in [1.29, 1.82) is 0 Å². The fourth-order valence-corrected chi connectivity index (χ4v) is 2.69. The first kappa shape index (κ1) is 17.1. The Morgan fingerprint density at radius 2 is 2.04 bits per heavy atom. The van der Waals surface area contributed by atoms with E-state index in [2.05, 4.69) is 20.6 Å². The molecule has 0 aliphatic rings. The molecular weight excluding hydrogens is 312 g/mol. The Morgan fingerprint density at radius 1 is 1.26 bits per heavy atom. The second kappa shape index (κ2) is 7.32. The molecule has 0 unspecified atom stereocenters. The Bertz CT molecular complexity index is 677. The van der Waals surface area contributed by atoms with Gasteiger partial charge in [0, 0.05) is 28.9 Å². The van der Waals surface area contributed by atoms with E-state index in [9.17, 15) is 9.59 Å². The van der Waals surface area contributed by atoms with E-state index < -0.39 is 0 Å². The van der Waals surface area contributed by atoms with E-state index in [0.717, 1.165) is 10.6 Å². The summed E-state index contributed by atoms with van der Waals surface area (Å²) in [6, 6.07) is 3.77. The van der Waals surface area contributed by atoms with Crippen LogP contribution in [0.1, 0.15) is 26.5 Å². The molecular formula is C16H20N4O2S. The van der Waals surface area contributed by atoms with Gasteiger partial charge in [0.25, 0.3) is 0 Å². The van der Waals surface area contributed by atoms with Crippen LogP contribution in [-0.2, 0) is 16.0 Å². The molecule has 2 aromatic rings. The number of thiazole rings is 1. The van der Waals surface area contributed by atoms with Crippen molar-refractivity contribution < 1.29 is 9.59 Å². The highest BCUT2D eigenvalue weighted by molar-refractivity contribution is 7.13. The fraction of sp³-hybridized carbons (Fsp3) is 0.375. The molecule has 0 aliphatic carbocycles. The van der Waals surface area contributed by atoms with E-state index in [0.29, 0.717) is 5.69 Å². The molecule has 2 rings (SSSR count). The van der Waals surface area contributed by atoms with Crippen LogP contribution in [0.5, 0.6) is 0 Å². The van der Waals surface area contributed by atoms with E-state index in [1.165, 1.54) is 11.3 Å². The van der Waals surface area contributed by atoms with E-state index >= 15 is 0 Å². The normalized spacial score (nSPS) is 11.1. The van der Waals surface area contributed by atoms with Crippen molar-refractivity contribution in [3.63, 3.8) is 0 Å². The lowest BCUT2D eigenvalue weighted by Crippen LogP contribution is -2.46. The lowest BCUT2D eigenvalue weighted by Gasteiger charge is -2.20. The van der Waals surface area contributed by atoms with Crippen molar-refractivity contribution in [3.05, 3.63) is 35.6 Å². The van der Waals surface area contributed by atoms with Crippen molar-refractivity contribution in [2.45, 2.75) is 32.7 Å². The highest BCUT2D eigenvalue weighted by Crippen LogP contribution is 2.22. The Kier molecular flexibility index (Phi) is 5.44. The van der Waals surface area contributed by atoms with Gasteiger partial charge in [-0.25, -0.2) is 4.98 Å². The summed E-state index contributed by atoms with van der Waals surface area (Å²) in [5, 5.41) is 8.06. The Balaban J connectivity index is 1.84. The first-order chi connectivity index (χ1) is 10.8. The quantitative estimate of drug-likeness (QED) is 0.874. The van der Waals surface area contributed by atoms with Crippen molar-refractivity contribution in [1.82, 2.24) is 20.6 Å². The summed E-state index contributed by atoms with van der Waals surface area (Å²) in [4.78, 5) is 32.0. The van der Waals surface area contributed by atoms with Gasteiger partial charge in [0.05, 0.1) is 18.7 Å². The van der Waals surface area contributed by atoms with Gasteiger partial charge in [-0.15, -0.1) is 11.3 Å². The molecule has 2 aromatic heterocycles. The molecule has 0 saturated heterocycles. The molecule has 0 aliphatic heterocycles. The molecule has 0 radical (unpaired) electrons. The van der Waals surface area contributed by atoms with Gasteiger partial charge < -0.3 is 10.6 Å². The summed E-state index contributed by atoms with van der Waals surface area (Å²) in [7, 11) is 0. The summed E-state index contributed by atoms with van der Waals surface area (Å²) in [5.41, 5.74) is 1.30. The van der Waals surface area contributed by atoms with Gasteiger partial charge in [0.1, 0.15) is 5.01 Å². The van der Waals surface area contributed by atoms with Crippen molar-refractivity contribution in [2.75, 3.05) is 6.54 Å². The number of rotatable bonds is 5. The standard InChI is InChI=1S/C16H20N4O2S/c1-16(2,3)20-14(22)9-18-13(21)7-12-10-23-15(19-12)11-5-4-6-17-8-11/h4-6,8,10H,7,9H2,1-3H3,(H,18,21)(H,20,22). The highest BCUT2D eigenvalue weighted by Gasteiger charge is 2.15. The van der Waals surface area contributed by atoms with E-state index in [4.69, 9.17) is 0 Å². The number of aromatic nitrogens is 2. The minimum Gasteiger partial charge on any atom is -0.350 e. The van der Waals surface area contributed by atoms with Crippen molar-refractivity contribution in [2.24, 2.45) is 0 Å². The number of carbonyl (C=O) groups is 2. The Labute approximate surface area is 139 Å². The predicted molar refractivity (Wildman–Crippen MR) is 90.0 cm³/mol. The molecule has 0 bridgehead atoms. The zero-order valence-corrected chi connectivity index (χ0v) is 14.2. The van der Waals surface area contributed by atoms with Crippen LogP contribution in [0.25, 0.3) is 10.6 Å². The molecule has 0 saturated carbocycles. The second-order valence-corrected chi connectivity index (χ2v) is 7.00. The molecule has 2 amide bonds. The number of nitrogens with one attached hydrogen (secondary N) is 2. The molecule has 7 heteroatoms. The van der Waals surface area contributed by atoms with Crippen LogP contribution in [0, 0.1) is 0 Å². The summed E-state index contributed by atoms with van der Waals surface area (Å²) >= 11 is 1.47. The van der Waals surface area contributed by atoms with Gasteiger partial charge >= 0.3 is 0 Å². The fourth-order valence-electron chi connectivity index (χ4n) is 1.88. The smallest absolute Gasteiger partial charge is 0.239 e. The third-order valence-electron chi connectivity index (χ3n) is 2.76. The minimum absolute atomic E-state index is 0.0320. The van der Waals surface area contributed by atoms with Gasteiger partial charge in [-0.1, -0.05) is 0 Å². The third kappa shape index (κ3) is 5.78. The topological polar surface area (TPSA) is 84.0 Å². The molecule has 2 N–H and O–H groups in total. The molecule has 6 nitrogen and oxygen atoms in total. The molecule has 0 aromatic carbocycles. The largest absolute Gasteiger partial charge is 0.350 e. The number of hydrogen-bond acceptors (Lipinski definition) is 5. The molecule has 23 heavy (non-hydrogen) atoms. The number of nitrogens with zero attached hydrogens (tertiary/aromatic N) is 2. The Morgan fingerprint density at radius 3 is 2.70 bits per heavy atom. The van der Waals surface area contributed by atoms with Crippen molar-refractivity contribution in [3.8, 4) is 10.6 Å². The zero-order valence-electron chi connectivity index (χ0n) is 13.4. The summed E-state index contributed by atoms with van der Waals surface area (Å²) in [6.07, 6.45) is 3.59. The Hall–Kier alpha value is -2.28. The minimum atomic E-state index is -0.310. The average Bonchev–Trinajstić information content (AvgIpc) is 2.93. The molecule has 0 atom stereocenters. The maximum atomic E-state index is 11.9. The van der Waals surface area contributed by atoms with E-state index in [1.54, 1.807) is 12.4 Å². The van der Waals surface area contributed by atoms with Gasteiger partial charge in [0.2, 0.25) is 11.8 Å². The van der Waals surface area contributed by atoms with Crippen LogP contribution in [0.3, 0.4) is 0 Å². The number of amides is 2. The van der Waals surface area contributed by atoms with Crippen LogP contribution in [0.2, 0.25) is 0 Å². The van der Waals surface area contributed by atoms with E-state index in [1.807, 2.05) is 38.3 Å². The molecule has 122 valence electrons. The maximum absolute atomic E-state index is 11.9. The van der Waals surface area contributed by atoms with Gasteiger partial charge in [-0.2, -0.15) is 0 Å². The van der Waals surface area contributed by atoms with Crippen LogP contribution in [0.4, 0.5) is 0 Å². The van der Waals surface area contributed by atoms with Crippen LogP contribution >= 0.6 is 11.3 Å². The number of hydrogen-bond donors (Lipinski definition) is 2. The highest BCUT2D eigenvalue weighted by atomic mass is 32.1. The monoisotopic (exact) mass is 332 g/mol. The first-order valence-electron chi connectivity index (χ1n) is 7.26. The summed E-state index contributed by atoms with van der Waals surface area (Å²) < 4.78 is 0. The van der Waals surface area contributed by atoms with Crippen molar-refractivity contribution >= 4 is 23.2 Å². The lowest BCUT2D eigenvalue weighted by molar-refractivity contribution is -0.126. The zero-order chi connectivity index (χ0) is 16.9. The molecule has 2 heterocycles. The predicted octanol–water partition coefficient (Wildman–Crippen LogP) is 1.78. The number of carbonyl (C=O) groups excluding carboxylic acids is 2. The number of pyridine rings is 1. The molecule has 0 spiro atoms. The average molecular weight is 332 g/mol. The first-order valence-corrected chi connectivity index (χ1v) is 8.14. The summed E-state index contributed by atoms with van der Waals surface area (Å²) in [6.45, 7) is 5.64. The SMILES string of the molecule is CC(C)(C)NC(=O)CNC(=O)Cc1csc(-c2cccnc2)n1. The van der Waals surface area contributed by atoms with Gasteiger partial charge in [-0.3, -0.25) is 14.6 Å². The second-order valence-electron chi connectivity index (χ2n) is 6.14. The maximum Gasteiger partial charge on any atom is 0.239 e. The van der Waals surface area contributed by atoms with E-state index in [-0.39, 0.29) is 30.3 Å². The lowest BCUT2D eigenvalue weighted by atomic mass is 10.1. The van der Waals surface area contributed by atoms with Crippen LogP contribution in [0.15, 0.2) is 29.9 Å². The van der Waals surface area contributed by atoms with Gasteiger partial charge in [0.15, 0.2) is 0 Å². The van der Waals surface area contributed by atoms with Crippen LogP contribution in [-0.4, -0.2) is 33.9 Å². The molecule has 0 fully saturated rings. The third-order valence-corrected chi connectivity index (χ3v) is 3.70. The summed E-state index contributed by atoms with van der Waals surface area (Å²) in [5.74, 6) is -0.433. The van der Waals surface area contributed by atoms with Gasteiger partial charge in [-0.05, 0) is 32.9 Å².